The summed E-state index contributed by atoms with van der Waals surface area (Å²) in [6, 6.07) is 11.1. The van der Waals surface area contributed by atoms with Gasteiger partial charge in [-0.25, -0.2) is 9.78 Å². The lowest BCUT2D eigenvalue weighted by Gasteiger charge is -2.24. The molecule has 0 spiro atoms. The number of fused-ring (bicyclic) bond motifs is 1. The van der Waals surface area contributed by atoms with Crippen molar-refractivity contribution in [2.45, 2.75) is 83.7 Å². The minimum absolute atomic E-state index is 0.151. The Hall–Kier alpha value is -4.01. The standard InChI is InChI=1S/C33H40N6O3/c40-31(35-19-17-23-12-7-18-34-20-23)27-15-13-26(14-16-27)29-36-28-30(37-29)38(21-24-8-3-1-4-9-24)33(42)39(32(28)41)22-25-10-5-2-6-11-25/h7,12-16,18,20,24-25H,1-6,8-11,17,19,21-22H2,(H,35,40)(H,36,37). The number of benzene rings is 1. The van der Waals surface area contributed by atoms with Gasteiger partial charge in [0.1, 0.15) is 11.3 Å². The largest absolute Gasteiger partial charge is 0.352 e. The molecule has 42 heavy (non-hydrogen) atoms. The van der Waals surface area contributed by atoms with E-state index in [0.717, 1.165) is 49.7 Å². The molecule has 9 heteroatoms. The molecule has 0 atom stereocenters. The molecular weight excluding hydrogens is 528 g/mol. The van der Waals surface area contributed by atoms with Crippen molar-refractivity contribution in [3.63, 3.8) is 0 Å². The highest BCUT2D eigenvalue weighted by atomic mass is 16.2. The lowest BCUT2D eigenvalue weighted by atomic mass is 9.89. The number of imidazole rings is 1. The third kappa shape index (κ3) is 6.25. The van der Waals surface area contributed by atoms with E-state index >= 15 is 0 Å². The maximum atomic E-state index is 13.8. The van der Waals surface area contributed by atoms with Gasteiger partial charge in [-0.05, 0) is 67.7 Å². The number of hydrogen-bond acceptors (Lipinski definition) is 5. The summed E-state index contributed by atoms with van der Waals surface area (Å²) in [5.41, 5.74) is 2.66. The van der Waals surface area contributed by atoms with Crippen molar-refractivity contribution in [1.29, 1.82) is 0 Å². The molecule has 0 radical (unpaired) electrons. The molecule has 1 amide bonds. The number of rotatable bonds is 9. The smallest absolute Gasteiger partial charge is 0.332 e. The summed E-state index contributed by atoms with van der Waals surface area (Å²) in [4.78, 5) is 52.4. The summed E-state index contributed by atoms with van der Waals surface area (Å²) in [7, 11) is 0. The number of nitrogens with zero attached hydrogens (tertiary/aromatic N) is 4. The fourth-order valence-electron chi connectivity index (χ4n) is 6.63. The molecule has 2 aliphatic carbocycles. The van der Waals surface area contributed by atoms with Crippen LogP contribution in [0.2, 0.25) is 0 Å². The van der Waals surface area contributed by atoms with Crippen LogP contribution in [0.15, 0.2) is 58.4 Å². The Kier molecular flexibility index (Phi) is 8.63. The second kappa shape index (κ2) is 12.9. The van der Waals surface area contributed by atoms with E-state index in [-0.39, 0.29) is 17.2 Å². The van der Waals surface area contributed by atoms with Crippen molar-refractivity contribution in [1.82, 2.24) is 29.4 Å². The molecule has 0 aliphatic heterocycles. The highest BCUT2D eigenvalue weighted by molar-refractivity contribution is 5.94. The molecule has 0 bridgehead atoms. The van der Waals surface area contributed by atoms with Crippen molar-refractivity contribution in [3.8, 4) is 11.4 Å². The van der Waals surface area contributed by atoms with Crippen molar-refractivity contribution >= 4 is 17.1 Å². The van der Waals surface area contributed by atoms with Crippen LogP contribution in [0, 0.1) is 11.8 Å². The van der Waals surface area contributed by atoms with Gasteiger partial charge >= 0.3 is 5.69 Å². The van der Waals surface area contributed by atoms with Gasteiger partial charge in [0.2, 0.25) is 0 Å². The number of aromatic amines is 1. The maximum Gasteiger partial charge on any atom is 0.332 e. The molecule has 0 saturated heterocycles. The number of nitrogens with one attached hydrogen (secondary N) is 2. The van der Waals surface area contributed by atoms with E-state index in [2.05, 4.69) is 15.3 Å². The number of carbonyl (C=O) groups is 1. The first-order valence-corrected chi connectivity index (χ1v) is 15.6. The van der Waals surface area contributed by atoms with Gasteiger partial charge in [-0.1, -0.05) is 56.7 Å². The molecule has 2 N–H and O–H groups in total. The molecule has 2 fully saturated rings. The van der Waals surface area contributed by atoms with Crippen molar-refractivity contribution in [2.24, 2.45) is 11.8 Å². The van der Waals surface area contributed by atoms with Gasteiger partial charge in [0.05, 0.1) is 0 Å². The molecule has 4 aromatic rings. The highest BCUT2D eigenvalue weighted by Gasteiger charge is 2.24. The topological polar surface area (TPSA) is 115 Å². The van der Waals surface area contributed by atoms with E-state index in [0.29, 0.717) is 60.4 Å². The summed E-state index contributed by atoms with van der Waals surface area (Å²) in [5.74, 6) is 1.14. The Labute approximate surface area is 245 Å². The van der Waals surface area contributed by atoms with E-state index in [9.17, 15) is 14.4 Å². The molecule has 2 saturated carbocycles. The van der Waals surface area contributed by atoms with Crippen molar-refractivity contribution < 1.29 is 4.79 Å². The van der Waals surface area contributed by atoms with Crippen molar-refractivity contribution in [2.75, 3.05) is 6.54 Å². The Morgan fingerprint density at radius 2 is 1.55 bits per heavy atom. The zero-order chi connectivity index (χ0) is 28.9. The first-order chi connectivity index (χ1) is 20.6. The predicted molar refractivity (Wildman–Crippen MR) is 163 cm³/mol. The van der Waals surface area contributed by atoms with Crippen LogP contribution < -0.4 is 16.6 Å². The van der Waals surface area contributed by atoms with E-state index in [1.807, 2.05) is 24.3 Å². The molecule has 3 heterocycles. The fraction of sp³-hybridized carbons (Fsp3) is 0.485. The summed E-state index contributed by atoms with van der Waals surface area (Å²) in [6.07, 6.45) is 15.7. The Balaban J connectivity index is 1.26. The van der Waals surface area contributed by atoms with E-state index in [4.69, 9.17) is 4.98 Å². The maximum absolute atomic E-state index is 13.8. The molecule has 220 valence electrons. The Morgan fingerprint density at radius 3 is 2.19 bits per heavy atom. The highest BCUT2D eigenvalue weighted by Crippen LogP contribution is 2.27. The van der Waals surface area contributed by atoms with Crippen LogP contribution in [0.3, 0.4) is 0 Å². The van der Waals surface area contributed by atoms with Gasteiger partial charge in [-0.15, -0.1) is 0 Å². The SMILES string of the molecule is O=C(NCCc1cccnc1)c1ccc(-c2nc3c([nH]2)c(=O)n(CC2CCCCC2)c(=O)n3CC2CCCCC2)cc1. The Bertz CT molecular complexity index is 1620. The lowest BCUT2D eigenvalue weighted by Crippen LogP contribution is -2.42. The van der Waals surface area contributed by atoms with Gasteiger partial charge in [-0.2, -0.15) is 0 Å². The minimum Gasteiger partial charge on any atom is -0.352 e. The second-order valence-electron chi connectivity index (χ2n) is 12.0. The summed E-state index contributed by atoms with van der Waals surface area (Å²) >= 11 is 0. The van der Waals surface area contributed by atoms with Gasteiger partial charge < -0.3 is 10.3 Å². The predicted octanol–water partition coefficient (Wildman–Crippen LogP) is 5.08. The number of aromatic nitrogens is 5. The third-order valence-corrected chi connectivity index (χ3v) is 9.03. The first-order valence-electron chi connectivity index (χ1n) is 15.6. The fourth-order valence-corrected chi connectivity index (χ4v) is 6.63. The summed E-state index contributed by atoms with van der Waals surface area (Å²) in [6.45, 7) is 1.57. The molecule has 2 aliphatic rings. The molecule has 1 aromatic carbocycles. The first kappa shape index (κ1) is 28.1. The number of H-pyrrole nitrogens is 1. The van der Waals surface area contributed by atoms with Crippen LogP contribution in [0.1, 0.15) is 80.1 Å². The van der Waals surface area contributed by atoms with Crippen LogP contribution in [0.5, 0.6) is 0 Å². The molecular formula is C33H40N6O3. The normalized spacial score (nSPS) is 16.6. The van der Waals surface area contributed by atoms with Crippen LogP contribution in [0.25, 0.3) is 22.6 Å². The van der Waals surface area contributed by atoms with Gasteiger partial charge in [0.25, 0.3) is 11.5 Å². The average molecular weight is 569 g/mol. The summed E-state index contributed by atoms with van der Waals surface area (Å²) in [5, 5.41) is 2.96. The lowest BCUT2D eigenvalue weighted by molar-refractivity contribution is 0.0954. The summed E-state index contributed by atoms with van der Waals surface area (Å²) < 4.78 is 3.21. The molecule has 0 unspecified atom stereocenters. The van der Waals surface area contributed by atoms with E-state index < -0.39 is 0 Å². The van der Waals surface area contributed by atoms with Crippen LogP contribution in [-0.4, -0.2) is 36.5 Å². The van der Waals surface area contributed by atoms with Crippen LogP contribution >= 0.6 is 0 Å². The number of amides is 1. The van der Waals surface area contributed by atoms with E-state index in [1.165, 1.54) is 30.3 Å². The van der Waals surface area contributed by atoms with Gasteiger partial charge in [0.15, 0.2) is 5.65 Å². The molecule has 3 aromatic heterocycles. The number of carbonyl (C=O) groups excluding carboxylic acids is 1. The van der Waals surface area contributed by atoms with Crippen LogP contribution in [-0.2, 0) is 19.5 Å². The van der Waals surface area contributed by atoms with Crippen molar-refractivity contribution in [3.05, 3.63) is 80.8 Å². The quantitative estimate of drug-likeness (QED) is 0.292. The Morgan fingerprint density at radius 1 is 0.881 bits per heavy atom. The van der Waals surface area contributed by atoms with Gasteiger partial charge in [0, 0.05) is 43.2 Å². The number of hydrogen-bond donors (Lipinski definition) is 2. The molecule has 9 nitrogen and oxygen atoms in total. The van der Waals surface area contributed by atoms with Gasteiger partial charge in [-0.3, -0.25) is 23.7 Å². The van der Waals surface area contributed by atoms with Crippen LogP contribution in [0.4, 0.5) is 0 Å². The van der Waals surface area contributed by atoms with E-state index in [1.54, 1.807) is 29.1 Å². The average Bonchev–Trinajstić information content (AvgIpc) is 3.49. The minimum atomic E-state index is -0.288. The monoisotopic (exact) mass is 568 g/mol. The molecule has 6 rings (SSSR count). The second-order valence-corrected chi connectivity index (χ2v) is 12.0. The zero-order valence-corrected chi connectivity index (χ0v) is 24.2. The number of pyridine rings is 1. The third-order valence-electron chi connectivity index (χ3n) is 9.03. The zero-order valence-electron chi connectivity index (χ0n) is 24.2.